The van der Waals surface area contributed by atoms with Crippen LogP contribution in [0.1, 0.15) is 52.4 Å². The zero-order chi connectivity index (χ0) is 18.2. The Balaban J connectivity index is 1.77. The van der Waals surface area contributed by atoms with Crippen molar-refractivity contribution in [3.05, 3.63) is 11.6 Å². The average Bonchev–Trinajstić information content (AvgIpc) is 2.76. The van der Waals surface area contributed by atoms with E-state index in [4.69, 9.17) is 6.42 Å². The zero-order valence-electron chi connectivity index (χ0n) is 15.2. The van der Waals surface area contributed by atoms with Gasteiger partial charge in [0.1, 0.15) is 0 Å². The van der Waals surface area contributed by atoms with E-state index >= 15 is 0 Å². The number of allylic oxidation sites excluding steroid dienone is 1. The van der Waals surface area contributed by atoms with Gasteiger partial charge < -0.3 is 20.4 Å². The summed E-state index contributed by atoms with van der Waals surface area (Å²) < 4.78 is 0. The van der Waals surface area contributed by atoms with E-state index in [1.165, 1.54) is 5.57 Å². The van der Waals surface area contributed by atoms with Crippen LogP contribution in [0.2, 0.25) is 0 Å². The minimum Gasteiger partial charge on any atom is -0.393 e. The molecule has 0 spiro atoms. The van der Waals surface area contributed by atoms with Crippen LogP contribution in [0.4, 0.5) is 0 Å². The van der Waals surface area contributed by atoms with Crippen LogP contribution in [0.3, 0.4) is 0 Å². The van der Waals surface area contributed by atoms with Crippen LogP contribution in [0.25, 0.3) is 0 Å². The Bertz CT molecular complexity index is 651. The third-order valence-corrected chi connectivity index (χ3v) is 8.45. The zero-order valence-corrected chi connectivity index (χ0v) is 15.2. The van der Waals surface area contributed by atoms with Gasteiger partial charge in [-0.15, -0.1) is 6.42 Å². The molecule has 3 fully saturated rings. The second-order valence-corrected chi connectivity index (χ2v) is 9.43. The largest absolute Gasteiger partial charge is 0.393 e. The highest BCUT2D eigenvalue weighted by Crippen LogP contribution is 2.66. The summed E-state index contributed by atoms with van der Waals surface area (Å²) in [6.07, 6.45) is 10.2. The molecule has 4 nitrogen and oxygen atoms in total. The number of terminal acetylenes is 1. The fourth-order valence-corrected chi connectivity index (χ4v) is 7.05. The van der Waals surface area contributed by atoms with Gasteiger partial charge in [-0.1, -0.05) is 31.4 Å². The summed E-state index contributed by atoms with van der Waals surface area (Å²) in [4.78, 5) is 0. The molecule has 0 unspecified atom stereocenters. The van der Waals surface area contributed by atoms with Crippen LogP contribution < -0.4 is 0 Å². The van der Waals surface area contributed by atoms with Crippen molar-refractivity contribution < 1.29 is 20.4 Å². The summed E-state index contributed by atoms with van der Waals surface area (Å²) in [5.41, 5.74) is -1.07. The second kappa shape index (κ2) is 5.33. The Labute approximate surface area is 150 Å². The number of aliphatic hydroxyl groups is 4. The second-order valence-electron chi connectivity index (χ2n) is 9.43. The number of aliphatic hydroxyl groups excluding tert-OH is 3. The Morgan fingerprint density at radius 2 is 1.96 bits per heavy atom. The van der Waals surface area contributed by atoms with Gasteiger partial charge in [0.2, 0.25) is 0 Å². The molecular weight excluding hydrogens is 316 g/mol. The third kappa shape index (κ3) is 2.04. The maximum absolute atomic E-state index is 11.1. The van der Waals surface area contributed by atoms with Gasteiger partial charge in [-0.3, -0.25) is 0 Å². The lowest BCUT2D eigenvalue weighted by Crippen LogP contribution is -2.60. The minimum atomic E-state index is -1.57. The van der Waals surface area contributed by atoms with Gasteiger partial charge in [0.05, 0.1) is 18.3 Å². The van der Waals surface area contributed by atoms with Crippen LogP contribution in [0.5, 0.6) is 0 Å². The van der Waals surface area contributed by atoms with Gasteiger partial charge in [-0.2, -0.15) is 0 Å². The molecule has 0 saturated heterocycles. The fourth-order valence-electron chi connectivity index (χ4n) is 7.05. The van der Waals surface area contributed by atoms with Crippen LogP contribution in [-0.2, 0) is 0 Å². The molecule has 9 atom stereocenters. The molecule has 4 aliphatic rings. The van der Waals surface area contributed by atoms with Crippen molar-refractivity contribution in [3.8, 4) is 12.3 Å². The quantitative estimate of drug-likeness (QED) is 0.397. The molecule has 0 aromatic rings. The summed E-state index contributed by atoms with van der Waals surface area (Å²) in [5.74, 6) is 2.86. The smallest absolute Gasteiger partial charge is 0.156 e. The molecule has 0 radical (unpaired) electrons. The van der Waals surface area contributed by atoms with Crippen LogP contribution >= 0.6 is 0 Å². The van der Waals surface area contributed by atoms with Crippen molar-refractivity contribution in [2.75, 3.05) is 0 Å². The van der Waals surface area contributed by atoms with Crippen molar-refractivity contribution in [1.82, 2.24) is 0 Å². The Kier molecular flexibility index (Phi) is 3.74. The van der Waals surface area contributed by atoms with Gasteiger partial charge in [-0.25, -0.2) is 0 Å². The Morgan fingerprint density at radius 1 is 1.24 bits per heavy atom. The molecule has 0 bridgehead atoms. The van der Waals surface area contributed by atoms with Crippen molar-refractivity contribution >= 4 is 0 Å². The first kappa shape index (κ1) is 17.5. The first-order valence-corrected chi connectivity index (χ1v) is 9.61. The van der Waals surface area contributed by atoms with E-state index in [2.05, 4.69) is 18.9 Å². The molecule has 4 heteroatoms. The number of fused-ring (bicyclic) bond motifs is 5. The highest BCUT2D eigenvalue weighted by Gasteiger charge is 2.68. The lowest BCUT2D eigenvalue weighted by molar-refractivity contribution is -0.160. The summed E-state index contributed by atoms with van der Waals surface area (Å²) in [6, 6.07) is 0. The highest BCUT2D eigenvalue weighted by molar-refractivity contribution is 5.31. The van der Waals surface area contributed by atoms with Gasteiger partial charge in [0, 0.05) is 5.41 Å². The lowest BCUT2D eigenvalue weighted by Gasteiger charge is -2.60. The Hall–Kier alpha value is -0.860. The maximum atomic E-state index is 11.1. The predicted molar refractivity (Wildman–Crippen MR) is 94.3 cm³/mol. The van der Waals surface area contributed by atoms with Gasteiger partial charge in [-0.05, 0) is 61.7 Å². The van der Waals surface area contributed by atoms with Crippen LogP contribution in [0.15, 0.2) is 11.6 Å². The first-order valence-electron chi connectivity index (χ1n) is 9.61. The molecule has 0 aromatic carbocycles. The van der Waals surface area contributed by atoms with E-state index in [1.54, 1.807) is 0 Å². The molecule has 4 N–H and O–H groups in total. The molecule has 0 heterocycles. The molecule has 0 aromatic heterocycles. The van der Waals surface area contributed by atoms with E-state index < -0.39 is 23.2 Å². The van der Waals surface area contributed by atoms with E-state index in [9.17, 15) is 20.4 Å². The minimum absolute atomic E-state index is 0.0958. The van der Waals surface area contributed by atoms with Gasteiger partial charge >= 0.3 is 0 Å². The Morgan fingerprint density at radius 3 is 2.64 bits per heavy atom. The third-order valence-electron chi connectivity index (χ3n) is 8.45. The number of hydrogen-bond acceptors (Lipinski definition) is 4. The van der Waals surface area contributed by atoms with Crippen molar-refractivity contribution in [3.63, 3.8) is 0 Å². The van der Waals surface area contributed by atoms with Crippen molar-refractivity contribution in [2.45, 2.75) is 76.3 Å². The summed E-state index contributed by atoms with van der Waals surface area (Å²) in [7, 11) is 0. The lowest BCUT2D eigenvalue weighted by atomic mass is 9.46. The van der Waals surface area contributed by atoms with Crippen LogP contribution in [-0.4, -0.2) is 44.3 Å². The monoisotopic (exact) mass is 346 g/mol. The predicted octanol–water partition coefficient (Wildman–Crippen LogP) is 1.62. The standard InChI is InChI=1S/C21H30O4/c1-4-21(25)17(24)10-15-14-6-5-12-9-13(22)7-8-19(12,2)18(14)16(23)11-20(15,21)3/h1,5,13-18,22-25H,6-11H2,2-3H3/t13-,14+,15+,16+,17-,18-,19+,20+,21-/m1/s1. The topological polar surface area (TPSA) is 80.9 Å². The molecule has 3 saturated carbocycles. The fraction of sp³-hybridized carbons (Fsp3) is 0.810. The number of hydrogen-bond donors (Lipinski definition) is 4. The highest BCUT2D eigenvalue weighted by atomic mass is 16.3. The van der Waals surface area contributed by atoms with Crippen molar-refractivity contribution in [1.29, 1.82) is 0 Å². The molecule has 25 heavy (non-hydrogen) atoms. The summed E-state index contributed by atoms with van der Waals surface area (Å²) >= 11 is 0. The van der Waals surface area contributed by atoms with E-state index in [-0.39, 0.29) is 29.3 Å². The van der Waals surface area contributed by atoms with Crippen LogP contribution in [0, 0.1) is 40.9 Å². The normalized spacial score (nSPS) is 57.7. The van der Waals surface area contributed by atoms with Gasteiger partial charge in [0.25, 0.3) is 0 Å². The molecule has 0 aliphatic heterocycles. The van der Waals surface area contributed by atoms with Gasteiger partial charge in [0.15, 0.2) is 5.60 Å². The van der Waals surface area contributed by atoms with E-state index in [0.717, 1.165) is 19.3 Å². The van der Waals surface area contributed by atoms with Crippen molar-refractivity contribution in [2.24, 2.45) is 28.6 Å². The number of rotatable bonds is 0. The van der Waals surface area contributed by atoms with E-state index in [0.29, 0.717) is 19.3 Å². The summed E-state index contributed by atoms with van der Waals surface area (Å²) in [6.45, 7) is 4.17. The first-order chi connectivity index (χ1) is 11.7. The molecular formula is C21H30O4. The van der Waals surface area contributed by atoms with E-state index in [1.807, 2.05) is 6.92 Å². The SMILES string of the molecule is C#C[C@@]1(O)[C@H](O)C[C@H]2[C@@H]3CC=C4C[C@H](O)CC[C@]4(C)[C@H]3[C@@H](O)C[C@@]21C. The molecule has 0 amide bonds. The average molecular weight is 346 g/mol. The molecule has 138 valence electrons. The molecule has 4 aliphatic carbocycles. The molecule has 4 rings (SSSR count). The maximum Gasteiger partial charge on any atom is 0.156 e. The summed E-state index contributed by atoms with van der Waals surface area (Å²) in [5, 5.41) is 42.8.